The zero-order chi connectivity index (χ0) is 19.6. The molecule has 0 aliphatic carbocycles. The largest absolute Gasteiger partial charge is 0.447 e. The summed E-state index contributed by atoms with van der Waals surface area (Å²) in [5, 5.41) is 10.4. The van der Waals surface area contributed by atoms with Gasteiger partial charge in [0.2, 0.25) is 5.91 Å². The molecule has 0 saturated carbocycles. The molecule has 0 aromatic rings. The number of aliphatic hydroxyl groups is 1. The third-order valence-electron chi connectivity index (χ3n) is 5.26. The van der Waals surface area contributed by atoms with E-state index in [1.54, 1.807) is 0 Å². The molecule has 7 heteroatoms. The highest BCUT2D eigenvalue weighted by atomic mass is 28.4. The van der Waals surface area contributed by atoms with Crippen LogP contribution in [-0.2, 0) is 14.0 Å². The van der Waals surface area contributed by atoms with E-state index in [1.165, 1.54) is 0 Å². The first-order valence-electron chi connectivity index (χ1n) is 9.11. The molecule has 2 amide bonds. The summed E-state index contributed by atoms with van der Waals surface area (Å²) in [6.45, 7) is 16.9. The molecule has 146 valence electrons. The van der Waals surface area contributed by atoms with Crippen LogP contribution in [-0.4, -0.2) is 55.2 Å². The van der Waals surface area contributed by atoms with Crippen LogP contribution >= 0.6 is 0 Å². The van der Waals surface area contributed by atoms with Gasteiger partial charge in [-0.1, -0.05) is 34.6 Å². The first-order chi connectivity index (χ1) is 11.3. The molecule has 1 saturated heterocycles. The number of imide groups is 1. The third kappa shape index (κ3) is 5.79. The maximum absolute atomic E-state index is 12.4. The Labute approximate surface area is 153 Å². The highest BCUT2D eigenvalue weighted by Gasteiger charge is 2.41. The minimum atomic E-state index is -1.92. The van der Waals surface area contributed by atoms with Crippen LogP contribution in [0.2, 0.25) is 18.1 Å². The van der Waals surface area contributed by atoms with Gasteiger partial charge in [0.05, 0.1) is 18.6 Å². The number of hydrogen-bond donors (Lipinski definition) is 1. The highest BCUT2D eigenvalue weighted by Crippen LogP contribution is 2.37. The number of rotatable bonds is 7. The second-order valence-electron chi connectivity index (χ2n) is 8.93. The molecular weight excluding hydrogens is 338 g/mol. The van der Waals surface area contributed by atoms with Crippen LogP contribution in [0.25, 0.3) is 0 Å². The first kappa shape index (κ1) is 22.1. The molecule has 1 rings (SSSR count). The van der Waals surface area contributed by atoms with E-state index >= 15 is 0 Å². The van der Waals surface area contributed by atoms with Crippen molar-refractivity contribution in [1.29, 1.82) is 0 Å². The van der Waals surface area contributed by atoms with Crippen molar-refractivity contribution in [2.45, 2.75) is 90.8 Å². The minimum Gasteiger partial charge on any atom is -0.447 e. The van der Waals surface area contributed by atoms with Crippen LogP contribution < -0.4 is 0 Å². The number of carbonyl (C=O) groups is 2. The van der Waals surface area contributed by atoms with E-state index in [1.807, 2.05) is 20.8 Å². The van der Waals surface area contributed by atoms with Gasteiger partial charge in [-0.15, -0.1) is 0 Å². The summed E-state index contributed by atoms with van der Waals surface area (Å²) in [4.78, 5) is 25.4. The van der Waals surface area contributed by atoms with E-state index in [0.717, 1.165) is 4.90 Å². The van der Waals surface area contributed by atoms with Crippen molar-refractivity contribution in [2.24, 2.45) is 5.92 Å². The lowest BCUT2D eigenvalue weighted by molar-refractivity contribution is -0.132. The van der Waals surface area contributed by atoms with Crippen molar-refractivity contribution >= 4 is 20.3 Å². The average Bonchev–Trinajstić information content (AvgIpc) is 2.78. The molecule has 0 aromatic heterocycles. The second kappa shape index (κ2) is 8.18. The second-order valence-corrected chi connectivity index (χ2v) is 13.7. The minimum absolute atomic E-state index is 0.0891. The monoisotopic (exact) mass is 373 g/mol. The Hall–Kier alpha value is -0.923. The summed E-state index contributed by atoms with van der Waals surface area (Å²) in [5.41, 5.74) is 0. The van der Waals surface area contributed by atoms with Gasteiger partial charge in [0.15, 0.2) is 8.32 Å². The fourth-order valence-electron chi connectivity index (χ4n) is 2.71. The fraction of sp³-hybridized carbons (Fsp3) is 0.889. The van der Waals surface area contributed by atoms with Gasteiger partial charge in [-0.25, -0.2) is 9.69 Å². The normalized spacial score (nSPS) is 21.4. The molecule has 6 nitrogen and oxygen atoms in total. The summed E-state index contributed by atoms with van der Waals surface area (Å²) in [7, 11) is -1.92. The van der Waals surface area contributed by atoms with E-state index in [2.05, 4.69) is 33.9 Å². The van der Waals surface area contributed by atoms with Gasteiger partial charge in [-0.3, -0.25) is 4.79 Å². The number of carbonyl (C=O) groups excluding carboxylic acids is 2. The van der Waals surface area contributed by atoms with Crippen LogP contribution in [0.4, 0.5) is 4.79 Å². The molecule has 0 bridgehead atoms. The molecule has 3 atom stereocenters. The quantitative estimate of drug-likeness (QED) is 0.691. The molecule has 25 heavy (non-hydrogen) atoms. The van der Waals surface area contributed by atoms with E-state index in [9.17, 15) is 14.7 Å². The Bertz CT molecular complexity index is 486. The van der Waals surface area contributed by atoms with Crippen LogP contribution in [0.15, 0.2) is 0 Å². The van der Waals surface area contributed by atoms with Crippen molar-refractivity contribution in [1.82, 2.24) is 4.90 Å². The molecular formula is C18H35NO5Si. The number of amides is 2. The van der Waals surface area contributed by atoms with Crippen molar-refractivity contribution in [3.8, 4) is 0 Å². The number of hydrogen-bond acceptors (Lipinski definition) is 5. The SMILES string of the molecule is CC(C)[C@H]1COC(=O)N1C(=O)C[C@H](O)C[C@H](C)O[Si](C)(C)C(C)(C)C. The maximum atomic E-state index is 12.4. The zero-order valence-corrected chi connectivity index (χ0v) is 18.0. The summed E-state index contributed by atoms with van der Waals surface area (Å²) in [6, 6.07) is -0.256. The lowest BCUT2D eigenvalue weighted by Gasteiger charge is -2.38. The van der Waals surface area contributed by atoms with Crippen molar-refractivity contribution in [3.05, 3.63) is 0 Å². The van der Waals surface area contributed by atoms with Gasteiger partial charge in [-0.2, -0.15) is 0 Å². The van der Waals surface area contributed by atoms with Gasteiger partial charge >= 0.3 is 6.09 Å². The smallest absolute Gasteiger partial charge is 0.416 e. The predicted molar refractivity (Wildman–Crippen MR) is 99.8 cm³/mol. The Kier molecular flexibility index (Phi) is 7.24. The van der Waals surface area contributed by atoms with Crippen LogP contribution in [0, 0.1) is 5.92 Å². The van der Waals surface area contributed by atoms with Crippen LogP contribution in [0.3, 0.4) is 0 Å². The molecule has 1 aliphatic heterocycles. The topological polar surface area (TPSA) is 76.1 Å². The summed E-state index contributed by atoms with van der Waals surface area (Å²) in [5.74, 6) is -0.262. The maximum Gasteiger partial charge on any atom is 0.416 e. The summed E-state index contributed by atoms with van der Waals surface area (Å²) >= 11 is 0. The molecule has 1 fully saturated rings. The fourth-order valence-corrected chi connectivity index (χ4v) is 4.16. The van der Waals surface area contributed by atoms with Crippen molar-refractivity contribution < 1.29 is 23.9 Å². The lowest BCUT2D eigenvalue weighted by atomic mass is 10.0. The Morgan fingerprint density at radius 2 is 1.92 bits per heavy atom. The van der Waals surface area contributed by atoms with Crippen LogP contribution in [0.1, 0.15) is 54.4 Å². The van der Waals surface area contributed by atoms with E-state index in [-0.39, 0.29) is 42.0 Å². The van der Waals surface area contributed by atoms with E-state index in [4.69, 9.17) is 9.16 Å². The van der Waals surface area contributed by atoms with Gasteiger partial charge in [0.1, 0.15) is 6.61 Å². The molecule has 1 N–H and O–H groups in total. The first-order valence-corrected chi connectivity index (χ1v) is 12.0. The van der Waals surface area contributed by atoms with Crippen molar-refractivity contribution in [2.75, 3.05) is 6.61 Å². The Morgan fingerprint density at radius 3 is 2.40 bits per heavy atom. The highest BCUT2D eigenvalue weighted by molar-refractivity contribution is 6.74. The zero-order valence-electron chi connectivity index (χ0n) is 17.0. The number of nitrogens with zero attached hydrogens (tertiary/aromatic N) is 1. The molecule has 0 aromatic carbocycles. The van der Waals surface area contributed by atoms with Gasteiger partial charge in [-0.05, 0) is 37.4 Å². The van der Waals surface area contributed by atoms with E-state index < -0.39 is 20.5 Å². The lowest BCUT2D eigenvalue weighted by Crippen LogP contribution is -2.45. The van der Waals surface area contributed by atoms with Crippen molar-refractivity contribution in [3.63, 3.8) is 0 Å². The van der Waals surface area contributed by atoms with E-state index in [0.29, 0.717) is 6.42 Å². The standard InChI is InChI=1S/C18H35NO5Si/c1-12(2)15-11-23-17(22)19(15)16(21)10-14(20)9-13(3)24-25(7,8)18(4,5)6/h12-15,20H,9-11H2,1-8H3/t13-,14+,15+/m0/s1. The average molecular weight is 374 g/mol. The predicted octanol–water partition coefficient (Wildman–Crippen LogP) is 3.54. The Balaban J connectivity index is 2.60. The van der Waals surface area contributed by atoms with Gasteiger partial charge < -0.3 is 14.3 Å². The number of cyclic esters (lactones) is 1. The Morgan fingerprint density at radius 1 is 1.36 bits per heavy atom. The molecule has 0 unspecified atom stereocenters. The van der Waals surface area contributed by atoms with Gasteiger partial charge in [0.25, 0.3) is 0 Å². The van der Waals surface area contributed by atoms with Crippen LogP contribution in [0.5, 0.6) is 0 Å². The number of aliphatic hydroxyl groups excluding tert-OH is 1. The molecule has 1 aliphatic rings. The molecule has 0 radical (unpaired) electrons. The molecule has 0 spiro atoms. The molecule has 1 heterocycles. The summed E-state index contributed by atoms with van der Waals surface area (Å²) < 4.78 is 11.2. The summed E-state index contributed by atoms with van der Waals surface area (Å²) in [6.07, 6.45) is -1.32. The van der Waals surface area contributed by atoms with Gasteiger partial charge in [0, 0.05) is 6.10 Å². The third-order valence-corrected chi connectivity index (χ3v) is 9.86. The number of ether oxygens (including phenoxy) is 1.